The number of nitrogens with zero attached hydrogens (tertiary/aromatic N) is 2. The van der Waals surface area contributed by atoms with E-state index in [-0.39, 0.29) is 6.10 Å². The van der Waals surface area contributed by atoms with Gasteiger partial charge in [-0.3, -0.25) is 0 Å². The number of hydrogen-bond acceptors (Lipinski definition) is 5. The number of benzene rings is 1. The number of aliphatic imine (C=N–C) groups is 1. The lowest BCUT2D eigenvalue weighted by atomic mass is 10.1. The molecule has 0 aliphatic carbocycles. The highest BCUT2D eigenvalue weighted by molar-refractivity contribution is 7.11. The standard InChI is InChI=1S/C20H28N4O2S/c1-4-21-20(24-12-18-11-22-15(3)27-18)23-10-16-6-5-14(2)9-19(16)26-17-7-8-25-13-17/h5-6,9,11,17H,4,7-8,10,12-13H2,1-3H3,(H2,21,23,24). The second kappa shape index (κ2) is 9.71. The van der Waals surface area contributed by atoms with E-state index in [1.165, 1.54) is 10.4 Å². The Kier molecular flexibility index (Phi) is 7.06. The molecule has 1 fully saturated rings. The van der Waals surface area contributed by atoms with Gasteiger partial charge in [0, 0.05) is 29.6 Å². The molecule has 6 nitrogen and oxygen atoms in total. The van der Waals surface area contributed by atoms with Gasteiger partial charge in [0.05, 0.1) is 31.3 Å². The molecular formula is C20H28N4O2S. The van der Waals surface area contributed by atoms with E-state index in [1.54, 1.807) is 11.3 Å². The molecule has 1 unspecified atom stereocenters. The maximum absolute atomic E-state index is 6.17. The Bertz CT molecular complexity index is 769. The lowest BCUT2D eigenvalue weighted by Crippen LogP contribution is -2.36. The minimum absolute atomic E-state index is 0.135. The molecule has 1 aromatic carbocycles. The molecule has 1 aliphatic rings. The topological polar surface area (TPSA) is 67.8 Å². The van der Waals surface area contributed by atoms with Crippen molar-refractivity contribution in [2.75, 3.05) is 19.8 Å². The number of nitrogens with one attached hydrogen (secondary N) is 2. The first kappa shape index (κ1) is 19.6. The van der Waals surface area contributed by atoms with E-state index in [1.807, 2.05) is 13.1 Å². The Hall–Kier alpha value is -2.12. The third-order valence-electron chi connectivity index (χ3n) is 4.26. The second-order valence-electron chi connectivity index (χ2n) is 6.61. The van der Waals surface area contributed by atoms with Crippen molar-refractivity contribution in [2.24, 2.45) is 4.99 Å². The molecule has 3 rings (SSSR count). The van der Waals surface area contributed by atoms with E-state index < -0.39 is 0 Å². The van der Waals surface area contributed by atoms with Crippen LogP contribution in [0.4, 0.5) is 0 Å². The van der Waals surface area contributed by atoms with Gasteiger partial charge >= 0.3 is 0 Å². The minimum atomic E-state index is 0.135. The van der Waals surface area contributed by atoms with Crippen LogP contribution in [0, 0.1) is 13.8 Å². The monoisotopic (exact) mass is 388 g/mol. The van der Waals surface area contributed by atoms with Crippen LogP contribution in [0.3, 0.4) is 0 Å². The maximum Gasteiger partial charge on any atom is 0.191 e. The van der Waals surface area contributed by atoms with Crippen LogP contribution in [0.2, 0.25) is 0 Å². The zero-order valence-corrected chi connectivity index (χ0v) is 17.1. The van der Waals surface area contributed by atoms with Crippen molar-refractivity contribution in [1.29, 1.82) is 0 Å². The van der Waals surface area contributed by atoms with Crippen LogP contribution in [-0.2, 0) is 17.8 Å². The smallest absolute Gasteiger partial charge is 0.191 e. The van der Waals surface area contributed by atoms with Crippen LogP contribution in [0.25, 0.3) is 0 Å². The summed E-state index contributed by atoms with van der Waals surface area (Å²) in [7, 11) is 0. The van der Waals surface area contributed by atoms with E-state index in [0.29, 0.717) is 19.7 Å². The van der Waals surface area contributed by atoms with Crippen LogP contribution in [0.5, 0.6) is 5.75 Å². The molecule has 0 bridgehead atoms. The third kappa shape index (κ3) is 5.94. The molecule has 2 N–H and O–H groups in total. The Morgan fingerprint density at radius 2 is 2.26 bits per heavy atom. The summed E-state index contributed by atoms with van der Waals surface area (Å²) in [4.78, 5) is 10.2. The fourth-order valence-corrected chi connectivity index (χ4v) is 3.59. The van der Waals surface area contributed by atoms with Crippen LogP contribution in [0.1, 0.15) is 34.4 Å². The molecule has 2 heterocycles. The largest absolute Gasteiger partial charge is 0.488 e. The van der Waals surface area contributed by atoms with Gasteiger partial charge in [0.1, 0.15) is 11.9 Å². The minimum Gasteiger partial charge on any atom is -0.488 e. The van der Waals surface area contributed by atoms with Gasteiger partial charge in [-0.25, -0.2) is 9.98 Å². The average molecular weight is 389 g/mol. The van der Waals surface area contributed by atoms with Crippen molar-refractivity contribution in [1.82, 2.24) is 15.6 Å². The molecule has 146 valence electrons. The molecular weight excluding hydrogens is 360 g/mol. The van der Waals surface area contributed by atoms with Gasteiger partial charge in [-0.15, -0.1) is 11.3 Å². The first-order valence-corrected chi connectivity index (χ1v) is 10.2. The van der Waals surface area contributed by atoms with E-state index >= 15 is 0 Å². The number of hydrogen-bond donors (Lipinski definition) is 2. The highest BCUT2D eigenvalue weighted by Gasteiger charge is 2.18. The molecule has 0 spiro atoms. The summed E-state index contributed by atoms with van der Waals surface area (Å²) in [5.41, 5.74) is 2.26. The lowest BCUT2D eigenvalue weighted by molar-refractivity contribution is 0.140. The molecule has 2 aromatic rings. The van der Waals surface area contributed by atoms with E-state index in [0.717, 1.165) is 41.9 Å². The third-order valence-corrected chi connectivity index (χ3v) is 5.17. The average Bonchev–Trinajstić information content (AvgIpc) is 3.30. The number of aromatic nitrogens is 1. The van der Waals surface area contributed by atoms with E-state index in [2.05, 4.69) is 47.7 Å². The summed E-state index contributed by atoms with van der Waals surface area (Å²) >= 11 is 1.70. The second-order valence-corrected chi connectivity index (χ2v) is 7.93. The van der Waals surface area contributed by atoms with Gasteiger partial charge in [-0.1, -0.05) is 12.1 Å². The Balaban J connectivity index is 1.67. The SMILES string of the molecule is CCNC(=NCc1ccc(C)cc1OC1CCOC1)NCc1cnc(C)s1. The fraction of sp³-hybridized carbons (Fsp3) is 0.500. The van der Waals surface area contributed by atoms with Crippen molar-refractivity contribution < 1.29 is 9.47 Å². The van der Waals surface area contributed by atoms with Crippen LogP contribution in [0.15, 0.2) is 29.4 Å². The highest BCUT2D eigenvalue weighted by atomic mass is 32.1. The van der Waals surface area contributed by atoms with Crippen LogP contribution in [-0.4, -0.2) is 36.8 Å². The zero-order valence-electron chi connectivity index (χ0n) is 16.2. The summed E-state index contributed by atoms with van der Waals surface area (Å²) in [6.07, 6.45) is 2.98. The van der Waals surface area contributed by atoms with Crippen molar-refractivity contribution in [3.05, 3.63) is 45.4 Å². The van der Waals surface area contributed by atoms with Gasteiger partial charge < -0.3 is 20.1 Å². The predicted octanol–water partition coefficient (Wildman–Crippen LogP) is 3.18. The summed E-state index contributed by atoms with van der Waals surface area (Å²) in [6, 6.07) is 6.28. The zero-order chi connectivity index (χ0) is 19.1. The lowest BCUT2D eigenvalue weighted by Gasteiger charge is -2.16. The molecule has 0 amide bonds. The van der Waals surface area contributed by atoms with Crippen molar-refractivity contribution in [2.45, 2.75) is 46.4 Å². The number of thiazole rings is 1. The Morgan fingerprint density at radius 3 is 2.96 bits per heavy atom. The molecule has 7 heteroatoms. The fourth-order valence-electron chi connectivity index (χ4n) is 2.85. The predicted molar refractivity (Wildman–Crippen MR) is 110 cm³/mol. The number of aryl methyl sites for hydroxylation is 2. The number of ether oxygens (including phenoxy) is 2. The van der Waals surface area contributed by atoms with Crippen LogP contribution >= 0.6 is 11.3 Å². The summed E-state index contributed by atoms with van der Waals surface area (Å²) in [5, 5.41) is 7.74. The normalized spacial score (nSPS) is 17.1. The summed E-state index contributed by atoms with van der Waals surface area (Å²) in [6.45, 7) is 9.67. The summed E-state index contributed by atoms with van der Waals surface area (Å²) < 4.78 is 11.6. The van der Waals surface area contributed by atoms with E-state index in [4.69, 9.17) is 14.5 Å². The first-order valence-electron chi connectivity index (χ1n) is 9.41. The van der Waals surface area contributed by atoms with Gasteiger partial charge in [-0.05, 0) is 32.4 Å². The molecule has 27 heavy (non-hydrogen) atoms. The van der Waals surface area contributed by atoms with Crippen molar-refractivity contribution in [3.8, 4) is 5.75 Å². The molecule has 1 aliphatic heterocycles. The highest BCUT2D eigenvalue weighted by Crippen LogP contribution is 2.24. The van der Waals surface area contributed by atoms with E-state index in [9.17, 15) is 0 Å². The number of guanidine groups is 1. The van der Waals surface area contributed by atoms with Gasteiger partial charge in [0.15, 0.2) is 5.96 Å². The van der Waals surface area contributed by atoms with Crippen molar-refractivity contribution >= 4 is 17.3 Å². The van der Waals surface area contributed by atoms with Crippen LogP contribution < -0.4 is 15.4 Å². The van der Waals surface area contributed by atoms with Gasteiger partial charge in [0.2, 0.25) is 0 Å². The molecule has 1 atom stereocenters. The van der Waals surface area contributed by atoms with Gasteiger partial charge in [-0.2, -0.15) is 0 Å². The Labute approximate surface area is 165 Å². The number of rotatable bonds is 7. The summed E-state index contributed by atoms with van der Waals surface area (Å²) in [5.74, 6) is 1.70. The molecule has 1 aromatic heterocycles. The molecule has 0 saturated carbocycles. The maximum atomic E-state index is 6.17. The Morgan fingerprint density at radius 1 is 1.37 bits per heavy atom. The quantitative estimate of drug-likeness (QED) is 0.563. The molecule has 0 radical (unpaired) electrons. The first-order chi connectivity index (χ1) is 13.1. The van der Waals surface area contributed by atoms with Crippen molar-refractivity contribution in [3.63, 3.8) is 0 Å². The molecule has 1 saturated heterocycles. The van der Waals surface area contributed by atoms with Gasteiger partial charge in [0.25, 0.3) is 0 Å².